The molecule has 0 fully saturated rings. The van der Waals surface area contributed by atoms with Crippen LogP contribution in [0.5, 0.6) is 0 Å². The molecular formula is C25H21NO2. The Kier molecular flexibility index (Phi) is 4.21. The summed E-state index contributed by atoms with van der Waals surface area (Å²) in [5.74, 6) is 1.47. The second-order valence-corrected chi connectivity index (χ2v) is 7.40. The molecule has 3 aromatic rings. The highest BCUT2D eigenvalue weighted by atomic mass is 16.3. The lowest BCUT2D eigenvalue weighted by atomic mass is 9.76. The van der Waals surface area contributed by atoms with Crippen LogP contribution in [0.2, 0.25) is 0 Å². The zero-order valence-corrected chi connectivity index (χ0v) is 15.4. The number of fused-ring (bicyclic) bond motifs is 3. The highest BCUT2D eigenvalue weighted by Crippen LogP contribution is 2.49. The Labute approximate surface area is 164 Å². The third-order valence-electron chi connectivity index (χ3n) is 5.75. The molecule has 5 rings (SSSR count). The first-order valence-electron chi connectivity index (χ1n) is 9.67. The smallest absolute Gasteiger partial charge is 0.185 e. The molecule has 2 aromatic carbocycles. The summed E-state index contributed by atoms with van der Waals surface area (Å²) in [5.41, 5.74) is 4.35. The number of benzene rings is 2. The average molecular weight is 367 g/mol. The van der Waals surface area contributed by atoms with Crippen molar-refractivity contribution in [3.05, 3.63) is 108 Å². The van der Waals surface area contributed by atoms with Crippen LogP contribution in [0.1, 0.15) is 45.6 Å². The van der Waals surface area contributed by atoms with Gasteiger partial charge in [-0.25, -0.2) is 0 Å². The summed E-state index contributed by atoms with van der Waals surface area (Å²) in [5, 5.41) is 3.72. The largest absolute Gasteiger partial charge is 0.465 e. The highest BCUT2D eigenvalue weighted by Gasteiger charge is 2.37. The minimum absolute atomic E-state index is 0.0112. The van der Waals surface area contributed by atoms with E-state index >= 15 is 0 Å². The number of carbonyl (C=O) groups is 1. The molecular weight excluding hydrogens is 346 g/mol. The molecule has 0 bridgehead atoms. The predicted octanol–water partition coefficient (Wildman–Crippen LogP) is 6.00. The van der Waals surface area contributed by atoms with E-state index in [9.17, 15) is 4.79 Å². The lowest BCUT2D eigenvalue weighted by molar-refractivity contribution is 0.104. The van der Waals surface area contributed by atoms with E-state index in [0.717, 1.165) is 12.1 Å². The molecule has 0 saturated carbocycles. The van der Waals surface area contributed by atoms with Gasteiger partial charge in [0.2, 0.25) is 0 Å². The van der Waals surface area contributed by atoms with Gasteiger partial charge in [-0.3, -0.25) is 4.79 Å². The Morgan fingerprint density at radius 1 is 1.07 bits per heavy atom. The van der Waals surface area contributed by atoms with Crippen LogP contribution in [0.3, 0.4) is 0 Å². The SMILES string of the molecule is O=C(/C=C/c1ccco1)c1ccc2c(c1)[C@H]1C=CC[C@@H]1[C@@H](c1ccccc1)N2. The molecule has 0 amide bonds. The van der Waals surface area contributed by atoms with Crippen molar-refractivity contribution in [3.8, 4) is 0 Å². The van der Waals surface area contributed by atoms with E-state index in [2.05, 4.69) is 47.8 Å². The van der Waals surface area contributed by atoms with Crippen molar-refractivity contribution in [2.24, 2.45) is 5.92 Å². The normalized spacial score (nSPS) is 22.6. The molecule has 3 atom stereocenters. The van der Waals surface area contributed by atoms with E-state index in [1.54, 1.807) is 18.4 Å². The summed E-state index contributed by atoms with van der Waals surface area (Å²) < 4.78 is 5.26. The molecule has 0 saturated heterocycles. The zero-order chi connectivity index (χ0) is 18.9. The first-order valence-corrected chi connectivity index (χ1v) is 9.67. The van der Waals surface area contributed by atoms with Gasteiger partial charge in [-0.2, -0.15) is 0 Å². The zero-order valence-electron chi connectivity index (χ0n) is 15.4. The molecule has 1 aliphatic heterocycles. The molecule has 28 heavy (non-hydrogen) atoms. The minimum atomic E-state index is -0.0112. The number of allylic oxidation sites excluding steroid dienone is 3. The summed E-state index contributed by atoms with van der Waals surface area (Å²) in [4.78, 5) is 12.6. The maximum absolute atomic E-state index is 12.6. The van der Waals surface area contributed by atoms with Crippen molar-refractivity contribution in [2.45, 2.75) is 18.4 Å². The lowest BCUT2D eigenvalue weighted by Crippen LogP contribution is -2.29. The molecule has 0 radical (unpaired) electrons. The molecule has 2 heterocycles. The second-order valence-electron chi connectivity index (χ2n) is 7.40. The average Bonchev–Trinajstić information content (AvgIpc) is 3.44. The van der Waals surface area contributed by atoms with Gasteiger partial charge in [0, 0.05) is 17.2 Å². The van der Waals surface area contributed by atoms with E-state index in [4.69, 9.17) is 4.42 Å². The fraction of sp³-hybridized carbons (Fsp3) is 0.160. The number of anilines is 1. The number of hydrogen-bond acceptors (Lipinski definition) is 3. The van der Waals surface area contributed by atoms with E-state index in [1.165, 1.54) is 11.1 Å². The predicted molar refractivity (Wildman–Crippen MR) is 111 cm³/mol. The molecule has 3 nitrogen and oxygen atoms in total. The highest BCUT2D eigenvalue weighted by molar-refractivity contribution is 6.07. The Morgan fingerprint density at radius 3 is 2.79 bits per heavy atom. The number of hydrogen-bond donors (Lipinski definition) is 1. The van der Waals surface area contributed by atoms with Crippen molar-refractivity contribution in [3.63, 3.8) is 0 Å². The quantitative estimate of drug-likeness (QED) is 0.349. The number of furan rings is 1. The summed E-state index contributed by atoms with van der Waals surface area (Å²) in [6.07, 6.45) is 10.5. The Bertz CT molecular complexity index is 1050. The van der Waals surface area contributed by atoms with E-state index in [1.807, 2.05) is 30.3 Å². The molecule has 3 heteroatoms. The maximum Gasteiger partial charge on any atom is 0.185 e. The van der Waals surface area contributed by atoms with Gasteiger partial charge in [0.25, 0.3) is 0 Å². The topological polar surface area (TPSA) is 42.2 Å². The van der Waals surface area contributed by atoms with Gasteiger partial charge in [-0.15, -0.1) is 0 Å². The van der Waals surface area contributed by atoms with Gasteiger partial charge < -0.3 is 9.73 Å². The van der Waals surface area contributed by atoms with Crippen LogP contribution >= 0.6 is 0 Å². The van der Waals surface area contributed by atoms with Gasteiger partial charge in [-0.1, -0.05) is 42.5 Å². The van der Waals surface area contributed by atoms with Gasteiger partial charge in [-0.05, 0) is 65.9 Å². The third kappa shape index (κ3) is 2.99. The molecule has 2 aliphatic rings. The molecule has 1 N–H and O–H groups in total. The maximum atomic E-state index is 12.6. The lowest BCUT2D eigenvalue weighted by Gasteiger charge is -2.37. The molecule has 1 aromatic heterocycles. The van der Waals surface area contributed by atoms with Crippen LogP contribution in [-0.2, 0) is 0 Å². The van der Waals surface area contributed by atoms with Crippen LogP contribution in [0.15, 0.2) is 89.6 Å². The summed E-state index contributed by atoms with van der Waals surface area (Å²) >= 11 is 0. The number of carbonyl (C=O) groups excluding carboxylic acids is 1. The summed E-state index contributed by atoms with van der Waals surface area (Å²) in [6.45, 7) is 0. The Hall–Kier alpha value is -3.33. The second kappa shape index (κ2) is 7.01. The Balaban J connectivity index is 1.46. The van der Waals surface area contributed by atoms with Crippen LogP contribution in [0, 0.1) is 5.92 Å². The summed E-state index contributed by atoms with van der Waals surface area (Å²) in [7, 11) is 0. The fourth-order valence-corrected chi connectivity index (χ4v) is 4.38. The van der Waals surface area contributed by atoms with Crippen LogP contribution in [-0.4, -0.2) is 5.78 Å². The molecule has 138 valence electrons. The fourth-order valence-electron chi connectivity index (χ4n) is 4.38. The van der Waals surface area contributed by atoms with E-state index < -0.39 is 0 Å². The standard InChI is InChI=1S/C25H21NO2/c27-24(14-12-19-8-5-15-28-19)18-11-13-23-22(16-18)20-9-4-10-21(20)25(26-23)17-6-2-1-3-7-17/h1-9,11-16,20-21,25-26H,10H2/b14-12+/t20-,21-,25+/m0/s1. The first-order chi connectivity index (χ1) is 13.8. The monoisotopic (exact) mass is 367 g/mol. The Morgan fingerprint density at radius 2 is 1.96 bits per heavy atom. The molecule has 0 spiro atoms. The van der Waals surface area contributed by atoms with Gasteiger partial charge in [0.05, 0.1) is 12.3 Å². The number of rotatable bonds is 4. The van der Waals surface area contributed by atoms with Crippen molar-refractivity contribution in [1.82, 2.24) is 0 Å². The first kappa shape index (κ1) is 16.8. The van der Waals surface area contributed by atoms with Gasteiger partial charge in [0.1, 0.15) is 5.76 Å². The van der Waals surface area contributed by atoms with Crippen molar-refractivity contribution in [2.75, 3.05) is 5.32 Å². The summed E-state index contributed by atoms with van der Waals surface area (Å²) in [6, 6.07) is 20.5. The third-order valence-corrected chi connectivity index (χ3v) is 5.75. The van der Waals surface area contributed by atoms with E-state index in [0.29, 0.717) is 23.2 Å². The van der Waals surface area contributed by atoms with Gasteiger partial charge >= 0.3 is 0 Å². The molecule has 0 unspecified atom stereocenters. The van der Waals surface area contributed by atoms with Crippen LogP contribution in [0.4, 0.5) is 5.69 Å². The van der Waals surface area contributed by atoms with E-state index in [-0.39, 0.29) is 11.8 Å². The van der Waals surface area contributed by atoms with Crippen LogP contribution in [0.25, 0.3) is 6.08 Å². The van der Waals surface area contributed by atoms with Gasteiger partial charge in [0.15, 0.2) is 5.78 Å². The number of nitrogens with one attached hydrogen (secondary N) is 1. The van der Waals surface area contributed by atoms with Crippen molar-refractivity contribution >= 4 is 17.5 Å². The number of ketones is 1. The van der Waals surface area contributed by atoms with Crippen molar-refractivity contribution in [1.29, 1.82) is 0 Å². The van der Waals surface area contributed by atoms with Crippen LogP contribution < -0.4 is 5.32 Å². The minimum Gasteiger partial charge on any atom is -0.465 e. The molecule has 1 aliphatic carbocycles. The van der Waals surface area contributed by atoms with Crippen molar-refractivity contribution < 1.29 is 9.21 Å².